The molecule has 2 aromatic heterocycles. The normalized spacial score (nSPS) is 18.8. The summed E-state index contributed by atoms with van der Waals surface area (Å²) in [4.78, 5) is 20.6. The Balaban J connectivity index is 1.62. The average Bonchev–Trinajstić information content (AvgIpc) is 3.20. The minimum absolute atomic E-state index is 0.0378. The molecule has 2 aromatic carbocycles. The van der Waals surface area contributed by atoms with Crippen molar-refractivity contribution in [1.82, 2.24) is 25.4 Å². The van der Waals surface area contributed by atoms with Gasteiger partial charge in [0.05, 0.1) is 22.7 Å². The molecule has 1 saturated heterocycles. The second kappa shape index (κ2) is 8.09. The van der Waals surface area contributed by atoms with Gasteiger partial charge in [0.25, 0.3) is 5.91 Å². The fourth-order valence-corrected chi connectivity index (χ4v) is 4.39. The van der Waals surface area contributed by atoms with Gasteiger partial charge in [0.15, 0.2) is 5.65 Å². The van der Waals surface area contributed by atoms with Crippen LogP contribution in [0.5, 0.6) is 5.75 Å². The van der Waals surface area contributed by atoms with Crippen LogP contribution in [0.4, 0.5) is 0 Å². The summed E-state index contributed by atoms with van der Waals surface area (Å²) in [6.45, 7) is 5.30. The van der Waals surface area contributed by atoms with Crippen LogP contribution in [-0.4, -0.2) is 50.2 Å². The third kappa shape index (κ3) is 3.61. The first kappa shape index (κ1) is 20.2. The maximum absolute atomic E-state index is 14.0. The number of rotatable bonds is 3. The summed E-state index contributed by atoms with van der Waals surface area (Å²) in [6, 6.07) is 18.9. The monoisotopic (exact) mass is 427 g/mol. The highest BCUT2D eigenvalue weighted by Crippen LogP contribution is 2.31. The van der Waals surface area contributed by atoms with E-state index < -0.39 is 0 Å². The van der Waals surface area contributed by atoms with Crippen LogP contribution in [0.3, 0.4) is 0 Å². The molecular formula is C25H25N5O2. The Hall–Kier alpha value is -3.71. The number of carbonyl (C=O) groups excluding carboxylic acids is 1. The summed E-state index contributed by atoms with van der Waals surface area (Å²) < 4.78 is 0. The van der Waals surface area contributed by atoms with Gasteiger partial charge < -0.3 is 15.3 Å². The van der Waals surface area contributed by atoms with Gasteiger partial charge in [-0.15, -0.1) is 0 Å². The Kier molecular flexibility index (Phi) is 5.11. The molecule has 4 aromatic rings. The van der Waals surface area contributed by atoms with Gasteiger partial charge in [-0.3, -0.25) is 9.89 Å². The maximum atomic E-state index is 14.0. The van der Waals surface area contributed by atoms with E-state index in [-0.39, 0.29) is 23.7 Å². The molecule has 1 amide bonds. The number of nitrogens with one attached hydrogen (secondary N) is 2. The van der Waals surface area contributed by atoms with E-state index in [1.165, 1.54) is 0 Å². The van der Waals surface area contributed by atoms with Crippen LogP contribution in [-0.2, 0) is 0 Å². The fraction of sp³-hybridized carbons (Fsp3) is 0.240. The molecule has 3 N–H and O–H groups in total. The lowest BCUT2D eigenvalue weighted by Gasteiger charge is -2.40. The molecule has 0 aliphatic carbocycles. The summed E-state index contributed by atoms with van der Waals surface area (Å²) in [5.41, 5.74) is 4.47. The van der Waals surface area contributed by atoms with Crippen molar-refractivity contribution in [1.29, 1.82) is 0 Å². The van der Waals surface area contributed by atoms with Gasteiger partial charge in [0.1, 0.15) is 5.75 Å². The third-order valence-electron chi connectivity index (χ3n) is 6.05. The second-order valence-electron chi connectivity index (χ2n) is 8.34. The van der Waals surface area contributed by atoms with E-state index in [1.807, 2.05) is 36.1 Å². The zero-order chi connectivity index (χ0) is 22.2. The average molecular weight is 428 g/mol. The molecule has 162 valence electrons. The number of phenolic OH excluding ortho intramolecular Hbond substituents is 1. The predicted octanol–water partition coefficient (Wildman–Crippen LogP) is 3.81. The number of hydrogen-bond donors (Lipinski definition) is 3. The van der Waals surface area contributed by atoms with Crippen molar-refractivity contribution in [2.24, 2.45) is 0 Å². The van der Waals surface area contributed by atoms with E-state index >= 15 is 0 Å². The Morgan fingerprint density at radius 1 is 1.12 bits per heavy atom. The number of hydrogen-bond acceptors (Lipinski definition) is 5. The number of aromatic nitrogens is 3. The predicted molar refractivity (Wildman–Crippen MR) is 123 cm³/mol. The molecule has 1 aliphatic heterocycles. The quantitative estimate of drug-likeness (QED) is 0.462. The zero-order valence-corrected chi connectivity index (χ0v) is 18.0. The molecule has 2 atom stereocenters. The zero-order valence-electron chi connectivity index (χ0n) is 18.0. The lowest BCUT2D eigenvalue weighted by Crippen LogP contribution is -2.53. The van der Waals surface area contributed by atoms with Gasteiger partial charge in [0.2, 0.25) is 0 Å². The molecule has 5 rings (SSSR count). The van der Waals surface area contributed by atoms with E-state index in [9.17, 15) is 9.90 Å². The number of carbonyl (C=O) groups is 1. The van der Waals surface area contributed by atoms with Crippen LogP contribution >= 0.6 is 0 Å². The largest absolute Gasteiger partial charge is 0.508 e. The first-order valence-corrected chi connectivity index (χ1v) is 10.8. The van der Waals surface area contributed by atoms with Crippen molar-refractivity contribution in [2.75, 3.05) is 13.1 Å². The Labute approximate surface area is 186 Å². The smallest absolute Gasteiger partial charge is 0.255 e. The number of phenols is 1. The Morgan fingerprint density at radius 3 is 2.62 bits per heavy atom. The van der Waals surface area contributed by atoms with Crippen molar-refractivity contribution in [3.05, 3.63) is 77.5 Å². The summed E-state index contributed by atoms with van der Waals surface area (Å²) in [6.07, 6.45) is 0. The molecule has 7 nitrogen and oxygen atoms in total. The van der Waals surface area contributed by atoms with Gasteiger partial charge in [-0.1, -0.05) is 30.3 Å². The van der Waals surface area contributed by atoms with E-state index in [0.717, 1.165) is 22.2 Å². The summed E-state index contributed by atoms with van der Waals surface area (Å²) in [5.74, 6) is 0.145. The SMILES string of the molecule is Cc1[nH]nc2nc(-c3ccc(O)cc3)cc(C(=O)N3C[C@H](C)NC[C@H]3c3ccccc3)c12. The number of fused-ring (bicyclic) bond motifs is 1. The number of H-pyrrole nitrogens is 1. The lowest BCUT2D eigenvalue weighted by molar-refractivity contribution is 0.0593. The van der Waals surface area contributed by atoms with Crippen LogP contribution in [0.25, 0.3) is 22.3 Å². The summed E-state index contributed by atoms with van der Waals surface area (Å²) >= 11 is 0. The van der Waals surface area contributed by atoms with Crippen LogP contribution in [0.2, 0.25) is 0 Å². The van der Waals surface area contributed by atoms with Gasteiger partial charge >= 0.3 is 0 Å². The molecule has 0 unspecified atom stereocenters. The number of pyridine rings is 1. The van der Waals surface area contributed by atoms with Crippen molar-refractivity contribution in [2.45, 2.75) is 25.9 Å². The standard InChI is InChI=1S/C25H25N5O2/c1-15-14-30(22(13-26-15)18-6-4-3-5-7-18)25(32)20-12-21(17-8-10-19(31)11-9-17)27-24-23(20)16(2)28-29-24/h3-12,15,22,26,31H,13-14H2,1-2H3,(H,27,28,29)/t15-,22-/m0/s1. The van der Waals surface area contributed by atoms with Crippen molar-refractivity contribution < 1.29 is 9.90 Å². The molecule has 1 aliphatic rings. The Bertz CT molecular complexity index is 1270. The van der Waals surface area contributed by atoms with E-state index in [1.54, 1.807) is 24.3 Å². The topological polar surface area (TPSA) is 94.1 Å². The highest BCUT2D eigenvalue weighted by molar-refractivity contribution is 6.07. The first-order valence-electron chi connectivity index (χ1n) is 10.8. The number of nitrogens with zero attached hydrogens (tertiary/aromatic N) is 3. The second-order valence-corrected chi connectivity index (χ2v) is 8.34. The van der Waals surface area contributed by atoms with E-state index in [0.29, 0.717) is 30.0 Å². The minimum atomic E-state index is -0.0626. The van der Waals surface area contributed by atoms with E-state index in [4.69, 9.17) is 0 Å². The molecule has 0 saturated carbocycles. The van der Waals surface area contributed by atoms with Crippen molar-refractivity contribution in [3.8, 4) is 17.0 Å². The summed E-state index contributed by atoms with van der Waals surface area (Å²) in [7, 11) is 0. The number of aryl methyl sites for hydroxylation is 1. The molecule has 1 fully saturated rings. The van der Waals surface area contributed by atoms with Crippen LogP contribution in [0.15, 0.2) is 60.7 Å². The first-order chi connectivity index (χ1) is 15.5. The van der Waals surface area contributed by atoms with Crippen molar-refractivity contribution in [3.63, 3.8) is 0 Å². The van der Waals surface area contributed by atoms with Crippen LogP contribution < -0.4 is 5.32 Å². The molecule has 0 bridgehead atoms. The molecular weight excluding hydrogens is 402 g/mol. The highest BCUT2D eigenvalue weighted by Gasteiger charge is 2.33. The molecule has 3 heterocycles. The third-order valence-corrected chi connectivity index (χ3v) is 6.05. The number of piperazine rings is 1. The molecule has 32 heavy (non-hydrogen) atoms. The molecule has 7 heteroatoms. The van der Waals surface area contributed by atoms with Crippen LogP contribution in [0.1, 0.15) is 34.6 Å². The van der Waals surface area contributed by atoms with Gasteiger partial charge in [-0.05, 0) is 49.7 Å². The minimum Gasteiger partial charge on any atom is -0.508 e. The van der Waals surface area contributed by atoms with Gasteiger partial charge in [-0.2, -0.15) is 5.10 Å². The van der Waals surface area contributed by atoms with Crippen LogP contribution in [0, 0.1) is 6.92 Å². The highest BCUT2D eigenvalue weighted by atomic mass is 16.3. The number of aromatic hydroxyl groups is 1. The molecule has 0 radical (unpaired) electrons. The maximum Gasteiger partial charge on any atom is 0.255 e. The lowest BCUT2D eigenvalue weighted by atomic mass is 9.98. The van der Waals surface area contributed by atoms with Crippen molar-refractivity contribution >= 4 is 16.9 Å². The number of aromatic amines is 1. The Morgan fingerprint density at radius 2 is 1.88 bits per heavy atom. The van der Waals surface area contributed by atoms with E-state index in [2.05, 4.69) is 39.6 Å². The summed E-state index contributed by atoms with van der Waals surface area (Å²) in [5, 5.41) is 21.2. The number of amides is 1. The van der Waals surface area contributed by atoms with Gasteiger partial charge in [-0.25, -0.2) is 4.98 Å². The fourth-order valence-electron chi connectivity index (χ4n) is 4.39. The molecule has 0 spiro atoms. The van der Waals surface area contributed by atoms with Gasteiger partial charge in [0, 0.05) is 30.4 Å². The number of benzene rings is 2.